The van der Waals surface area contributed by atoms with Crippen molar-refractivity contribution in [3.8, 4) is 18.2 Å². The molecule has 0 aliphatic carbocycles. The van der Waals surface area contributed by atoms with Gasteiger partial charge in [-0.15, -0.1) is 0 Å². The van der Waals surface area contributed by atoms with Gasteiger partial charge in [0.15, 0.2) is 5.41 Å². The number of rotatable bonds is 4. The van der Waals surface area contributed by atoms with Crippen LogP contribution in [0.3, 0.4) is 0 Å². The van der Waals surface area contributed by atoms with E-state index in [1.165, 1.54) is 0 Å². The Bertz CT molecular complexity index is 972. The topological polar surface area (TPSA) is 114 Å². The average Bonchev–Trinajstić information content (AvgIpc) is 2.91. The molecule has 1 N–H and O–H groups in total. The standard InChI is InChI=1S/C21H19F3N4O2/c1-3-9-20-15(4-2)19(12-27,17(28)30-20)18(10-25,11-26)16(29-20)13-5-7-14(8-6-13)21(22,23)24/h5-8,15-16,28H,3-4,9H2,1-2H3. The highest BCUT2D eigenvalue weighted by molar-refractivity contribution is 5.89. The van der Waals surface area contributed by atoms with Crippen molar-refractivity contribution in [2.24, 2.45) is 16.7 Å². The molecule has 2 aliphatic heterocycles. The van der Waals surface area contributed by atoms with E-state index in [-0.39, 0.29) is 5.56 Å². The molecule has 0 aromatic heterocycles. The van der Waals surface area contributed by atoms with Crippen LogP contribution in [0.25, 0.3) is 0 Å². The molecule has 2 bridgehead atoms. The van der Waals surface area contributed by atoms with Gasteiger partial charge in [0, 0.05) is 6.42 Å². The van der Waals surface area contributed by atoms with E-state index in [0.29, 0.717) is 19.3 Å². The van der Waals surface area contributed by atoms with Crippen molar-refractivity contribution in [1.82, 2.24) is 0 Å². The number of ether oxygens (including phenoxy) is 2. The highest BCUT2D eigenvalue weighted by Crippen LogP contribution is 2.68. The molecule has 3 rings (SSSR count). The van der Waals surface area contributed by atoms with Gasteiger partial charge in [0.1, 0.15) is 6.10 Å². The fourth-order valence-electron chi connectivity index (χ4n) is 4.82. The summed E-state index contributed by atoms with van der Waals surface area (Å²) in [6.07, 6.45) is -4.76. The lowest BCUT2D eigenvalue weighted by Gasteiger charge is -2.49. The van der Waals surface area contributed by atoms with Crippen LogP contribution < -0.4 is 0 Å². The zero-order valence-corrected chi connectivity index (χ0v) is 16.4. The van der Waals surface area contributed by atoms with Gasteiger partial charge in [-0.3, -0.25) is 5.41 Å². The predicted molar refractivity (Wildman–Crippen MR) is 97.2 cm³/mol. The molecular weight excluding hydrogens is 397 g/mol. The lowest BCUT2D eigenvalue weighted by atomic mass is 9.52. The van der Waals surface area contributed by atoms with Crippen molar-refractivity contribution in [1.29, 1.82) is 21.2 Å². The molecule has 9 heteroatoms. The molecule has 4 atom stereocenters. The highest BCUT2D eigenvalue weighted by atomic mass is 19.4. The lowest BCUT2D eigenvalue weighted by Crippen LogP contribution is -2.59. The number of fused-ring (bicyclic) bond motifs is 2. The van der Waals surface area contributed by atoms with Crippen molar-refractivity contribution in [2.45, 2.75) is 51.2 Å². The Balaban J connectivity index is 2.27. The van der Waals surface area contributed by atoms with E-state index in [1.54, 1.807) is 6.92 Å². The third-order valence-electron chi connectivity index (χ3n) is 6.10. The van der Waals surface area contributed by atoms with Gasteiger partial charge < -0.3 is 9.47 Å². The fourth-order valence-corrected chi connectivity index (χ4v) is 4.82. The molecule has 1 aromatic rings. The summed E-state index contributed by atoms with van der Waals surface area (Å²) in [4.78, 5) is 0. The molecule has 0 radical (unpaired) electrons. The number of nitrogens with one attached hydrogen (secondary N) is 1. The first kappa shape index (κ1) is 21.6. The van der Waals surface area contributed by atoms with Crippen molar-refractivity contribution in [2.75, 3.05) is 0 Å². The highest BCUT2D eigenvalue weighted by Gasteiger charge is 2.79. The molecule has 2 heterocycles. The molecule has 30 heavy (non-hydrogen) atoms. The molecular formula is C21H19F3N4O2. The second kappa shape index (κ2) is 7.00. The summed E-state index contributed by atoms with van der Waals surface area (Å²) in [7, 11) is 0. The Labute approximate surface area is 171 Å². The molecule has 4 unspecified atom stereocenters. The minimum absolute atomic E-state index is 0.138. The quantitative estimate of drug-likeness (QED) is 0.754. The second-order valence-electron chi connectivity index (χ2n) is 7.52. The molecule has 0 spiro atoms. The molecule has 0 saturated carbocycles. The van der Waals surface area contributed by atoms with E-state index in [1.807, 2.05) is 25.1 Å². The van der Waals surface area contributed by atoms with Crippen LogP contribution in [0.2, 0.25) is 0 Å². The summed E-state index contributed by atoms with van der Waals surface area (Å²) in [5, 5.41) is 38.7. The van der Waals surface area contributed by atoms with Crippen LogP contribution in [-0.2, 0) is 15.7 Å². The summed E-state index contributed by atoms with van der Waals surface area (Å²) in [6, 6.07) is 9.73. The first-order valence-electron chi connectivity index (χ1n) is 9.49. The van der Waals surface area contributed by atoms with Crippen molar-refractivity contribution < 1.29 is 22.6 Å². The Kier molecular flexibility index (Phi) is 5.05. The number of halogens is 3. The van der Waals surface area contributed by atoms with E-state index in [2.05, 4.69) is 0 Å². The lowest BCUT2D eigenvalue weighted by molar-refractivity contribution is -0.286. The van der Waals surface area contributed by atoms with E-state index >= 15 is 0 Å². The van der Waals surface area contributed by atoms with Gasteiger partial charge in [-0.25, -0.2) is 0 Å². The second-order valence-corrected chi connectivity index (χ2v) is 7.52. The third-order valence-corrected chi connectivity index (χ3v) is 6.10. The van der Waals surface area contributed by atoms with Crippen molar-refractivity contribution >= 4 is 5.90 Å². The number of hydrogen-bond acceptors (Lipinski definition) is 6. The molecule has 1 aromatic carbocycles. The van der Waals surface area contributed by atoms with Crippen LogP contribution >= 0.6 is 0 Å². The number of benzene rings is 1. The van der Waals surface area contributed by atoms with Gasteiger partial charge >= 0.3 is 6.18 Å². The van der Waals surface area contributed by atoms with Crippen LogP contribution in [0, 0.1) is 56.2 Å². The molecule has 2 aliphatic rings. The number of nitrogens with zero attached hydrogens (tertiary/aromatic N) is 3. The van der Waals surface area contributed by atoms with Crippen LogP contribution in [0.1, 0.15) is 50.3 Å². The van der Waals surface area contributed by atoms with Crippen molar-refractivity contribution in [3.05, 3.63) is 35.4 Å². The van der Waals surface area contributed by atoms with E-state index in [9.17, 15) is 29.0 Å². The zero-order valence-electron chi connectivity index (χ0n) is 16.4. The minimum atomic E-state index is -4.55. The fraction of sp³-hybridized carbons (Fsp3) is 0.524. The van der Waals surface area contributed by atoms with Crippen LogP contribution in [0.15, 0.2) is 24.3 Å². The Morgan fingerprint density at radius 3 is 2.10 bits per heavy atom. The predicted octanol–water partition coefficient (Wildman–Crippen LogP) is 4.85. The molecule has 156 valence electrons. The minimum Gasteiger partial charge on any atom is -0.447 e. The molecule has 6 nitrogen and oxygen atoms in total. The Morgan fingerprint density at radius 1 is 1.07 bits per heavy atom. The van der Waals surface area contributed by atoms with E-state index in [0.717, 1.165) is 24.3 Å². The van der Waals surface area contributed by atoms with Gasteiger partial charge in [-0.2, -0.15) is 29.0 Å². The normalized spacial score (nSPS) is 31.9. The van der Waals surface area contributed by atoms with Gasteiger partial charge in [-0.1, -0.05) is 26.0 Å². The third kappa shape index (κ3) is 2.54. The zero-order chi connectivity index (χ0) is 22.4. The van der Waals surface area contributed by atoms with Gasteiger partial charge in [0.2, 0.25) is 17.1 Å². The van der Waals surface area contributed by atoms with E-state index in [4.69, 9.17) is 14.9 Å². The molecule has 0 amide bonds. The summed E-state index contributed by atoms with van der Waals surface area (Å²) < 4.78 is 50.9. The number of hydrogen-bond donors (Lipinski definition) is 1. The molecule has 2 saturated heterocycles. The Morgan fingerprint density at radius 2 is 1.67 bits per heavy atom. The van der Waals surface area contributed by atoms with E-state index < -0.39 is 46.3 Å². The summed E-state index contributed by atoms with van der Waals surface area (Å²) in [5.41, 5.74) is -4.84. The average molecular weight is 416 g/mol. The van der Waals surface area contributed by atoms with Gasteiger partial charge in [0.25, 0.3) is 0 Å². The summed E-state index contributed by atoms with van der Waals surface area (Å²) in [5.74, 6) is -2.68. The van der Waals surface area contributed by atoms with Gasteiger partial charge in [-0.05, 0) is 30.5 Å². The largest absolute Gasteiger partial charge is 0.447 e. The first-order chi connectivity index (χ1) is 14.1. The summed E-state index contributed by atoms with van der Waals surface area (Å²) >= 11 is 0. The van der Waals surface area contributed by atoms with Crippen LogP contribution in [0.5, 0.6) is 0 Å². The van der Waals surface area contributed by atoms with Crippen molar-refractivity contribution in [3.63, 3.8) is 0 Å². The maximum absolute atomic E-state index is 13.0. The number of alkyl halides is 3. The van der Waals surface area contributed by atoms with Crippen LogP contribution in [-0.4, -0.2) is 11.7 Å². The maximum Gasteiger partial charge on any atom is 0.416 e. The number of nitriles is 3. The monoisotopic (exact) mass is 416 g/mol. The van der Waals surface area contributed by atoms with Crippen LogP contribution in [0.4, 0.5) is 13.2 Å². The summed E-state index contributed by atoms with van der Waals surface area (Å²) in [6.45, 7) is 3.61. The first-order valence-corrected chi connectivity index (χ1v) is 9.49. The van der Waals surface area contributed by atoms with Gasteiger partial charge in [0.05, 0.1) is 29.7 Å². The Hall–Kier alpha value is -3.09. The smallest absolute Gasteiger partial charge is 0.416 e. The molecule has 2 fully saturated rings. The SMILES string of the molecule is CCCC12OC(=N)C(C#N)(C1CC)C(C#N)(C#N)C(c1ccc(C(F)(F)F)cc1)O2. The maximum atomic E-state index is 13.0.